The van der Waals surface area contributed by atoms with E-state index in [1.807, 2.05) is 0 Å². The van der Waals surface area contributed by atoms with Crippen LogP contribution >= 0.6 is 0 Å². The molecule has 1 saturated carbocycles. The summed E-state index contributed by atoms with van der Waals surface area (Å²) < 4.78 is 0. The summed E-state index contributed by atoms with van der Waals surface area (Å²) in [5.41, 5.74) is 0. The molecule has 0 spiro atoms. The molecular formula is C11H23N. The molecule has 1 aliphatic carbocycles. The molecule has 0 aromatic heterocycles. The summed E-state index contributed by atoms with van der Waals surface area (Å²) in [4.78, 5) is 0. The van der Waals surface area contributed by atoms with Crippen LogP contribution in [0.15, 0.2) is 0 Å². The van der Waals surface area contributed by atoms with Crippen LogP contribution in [0.2, 0.25) is 0 Å². The highest BCUT2D eigenvalue weighted by Gasteiger charge is 2.22. The van der Waals surface area contributed by atoms with Crippen LogP contribution in [-0.2, 0) is 0 Å². The van der Waals surface area contributed by atoms with Gasteiger partial charge in [-0.05, 0) is 37.8 Å². The second kappa shape index (κ2) is 4.86. The van der Waals surface area contributed by atoms with Crippen LogP contribution in [0, 0.1) is 17.8 Å². The van der Waals surface area contributed by atoms with Crippen molar-refractivity contribution in [2.45, 2.75) is 39.5 Å². The van der Waals surface area contributed by atoms with Crippen molar-refractivity contribution in [3.8, 4) is 0 Å². The van der Waals surface area contributed by atoms with Crippen molar-refractivity contribution in [2.75, 3.05) is 13.6 Å². The lowest BCUT2D eigenvalue weighted by atomic mass is 9.76. The standard InChI is InChI=1S/C11H23N/c1-9-5-4-6-11(7-9)10(2)8-12-3/h9-12H,4-8H2,1-3H3. The van der Waals surface area contributed by atoms with E-state index < -0.39 is 0 Å². The van der Waals surface area contributed by atoms with Crippen molar-refractivity contribution in [3.63, 3.8) is 0 Å². The Labute approximate surface area is 76.9 Å². The molecule has 72 valence electrons. The highest BCUT2D eigenvalue weighted by Crippen LogP contribution is 2.32. The van der Waals surface area contributed by atoms with E-state index >= 15 is 0 Å². The maximum atomic E-state index is 3.28. The van der Waals surface area contributed by atoms with Gasteiger partial charge in [0.2, 0.25) is 0 Å². The lowest BCUT2D eigenvalue weighted by Crippen LogP contribution is -2.27. The monoisotopic (exact) mass is 169 g/mol. The molecule has 1 fully saturated rings. The largest absolute Gasteiger partial charge is 0.319 e. The first-order valence-corrected chi connectivity index (χ1v) is 5.38. The Bertz CT molecular complexity index is 122. The summed E-state index contributed by atoms with van der Waals surface area (Å²) >= 11 is 0. The third-order valence-corrected chi connectivity index (χ3v) is 3.31. The maximum absolute atomic E-state index is 3.28. The summed E-state index contributed by atoms with van der Waals surface area (Å²) in [7, 11) is 2.06. The number of hydrogen-bond acceptors (Lipinski definition) is 1. The van der Waals surface area contributed by atoms with E-state index in [0.29, 0.717) is 0 Å². The highest BCUT2D eigenvalue weighted by molar-refractivity contribution is 4.75. The minimum atomic E-state index is 0.873. The molecule has 12 heavy (non-hydrogen) atoms. The predicted octanol–water partition coefficient (Wildman–Crippen LogP) is 2.67. The van der Waals surface area contributed by atoms with Gasteiger partial charge in [-0.3, -0.25) is 0 Å². The molecule has 3 atom stereocenters. The van der Waals surface area contributed by atoms with Gasteiger partial charge in [0.05, 0.1) is 0 Å². The molecule has 0 aliphatic heterocycles. The lowest BCUT2D eigenvalue weighted by Gasteiger charge is -2.31. The normalized spacial score (nSPS) is 33.2. The summed E-state index contributed by atoms with van der Waals surface area (Å²) in [5, 5.41) is 3.28. The Hall–Kier alpha value is -0.0400. The van der Waals surface area contributed by atoms with Crippen LogP contribution in [-0.4, -0.2) is 13.6 Å². The molecule has 1 rings (SSSR count). The van der Waals surface area contributed by atoms with Gasteiger partial charge < -0.3 is 5.32 Å². The van der Waals surface area contributed by atoms with Gasteiger partial charge in [-0.1, -0.05) is 33.1 Å². The van der Waals surface area contributed by atoms with Crippen LogP contribution in [0.1, 0.15) is 39.5 Å². The van der Waals surface area contributed by atoms with Crippen molar-refractivity contribution < 1.29 is 0 Å². The molecule has 0 saturated heterocycles. The molecule has 1 heteroatoms. The fraction of sp³-hybridized carbons (Fsp3) is 1.00. The Morgan fingerprint density at radius 1 is 1.42 bits per heavy atom. The van der Waals surface area contributed by atoms with Crippen molar-refractivity contribution in [1.82, 2.24) is 5.32 Å². The zero-order chi connectivity index (χ0) is 8.97. The predicted molar refractivity (Wildman–Crippen MR) is 54.2 cm³/mol. The molecule has 0 aromatic carbocycles. The number of nitrogens with one attached hydrogen (secondary N) is 1. The van der Waals surface area contributed by atoms with Crippen LogP contribution in [0.3, 0.4) is 0 Å². The molecule has 1 aliphatic rings. The van der Waals surface area contributed by atoms with E-state index in [1.165, 1.54) is 32.2 Å². The fourth-order valence-electron chi connectivity index (χ4n) is 2.49. The molecule has 0 heterocycles. The average molecular weight is 169 g/mol. The van der Waals surface area contributed by atoms with Gasteiger partial charge in [0.1, 0.15) is 0 Å². The third-order valence-electron chi connectivity index (χ3n) is 3.31. The summed E-state index contributed by atoms with van der Waals surface area (Å²) in [6.07, 6.45) is 5.85. The van der Waals surface area contributed by atoms with Gasteiger partial charge in [0, 0.05) is 0 Å². The third kappa shape index (κ3) is 2.78. The van der Waals surface area contributed by atoms with E-state index in [9.17, 15) is 0 Å². The molecule has 0 bridgehead atoms. The molecule has 0 amide bonds. The van der Waals surface area contributed by atoms with Crippen LogP contribution in [0.25, 0.3) is 0 Å². The van der Waals surface area contributed by atoms with Gasteiger partial charge in [0.25, 0.3) is 0 Å². The molecule has 1 N–H and O–H groups in total. The van der Waals surface area contributed by atoms with Crippen LogP contribution in [0.5, 0.6) is 0 Å². The molecule has 0 aromatic rings. The Balaban J connectivity index is 2.29. The molecule has 0 radical (unpaired) electrons. The van der Waals surface area contributed by atoms with Gasteiger partial charge >= 0.3 is 0 Å². The SMILES string of the molecule is CNCC(C)C1CCCC(C)C1. The number of rotatable bonds is 3. The van der Waals surface area contributed by atoms with Crippen LogP contribution in [0.4, 0.5) is 0 Å². The first-order valence-electron chi connectivity index (χ1n) is 5.38. The van der Waals surface area contributed by atoms with E-state index in [0.717, 1.165) is 17.8 Å². The van der Waals surface area contributed by atoms with E-state index in [2.05, 4.69) is 26.2 Å². The Morgan fingerprint density at radius 3 is 2.75 bits per heavy atom. The van der Waals surface area contributed by atoms with E-state index in [1.54, 1.807) is 0 Å². The van der Waals surface area contributed by atoms with Gasteiger partial charge in [-0.2, -0.15) is 0 Å². The first-order chi connectivity index (χ1) is 5.74. The van der Waals surface area contributed by atoms with Gasteiger partial charge in [0.15, 0.2) is 0 Å². The summed E-state index contributed by atoms with van der Waals surface area (Å²) in [5.74, 6) is 2.84. The van der Waals surface area contributed by atoms with Crippen molar-refractivity contribution in [3.05, 3.63) is 0 Å². The van der Waals surface area contributed by atoms with E-state index in [-0.39, 0.29) is 0 Å². The van der Waals surface area contributed by atoms with Gasteiger partial charge in [-0.15, -0.1) is 0 Å². The number of hydrogen-bond donors (Lipinski definition) is 1. The molecule has 3 unspecified atom stereocenters. The van der Waals surface area contributed by atoms with Crippen molar-refractivity contribution in [2.24, 2.45) is 17.8 Å². The fourth-order valence-corrected chi connectivity index (χ4v) is 2.49. The van der Waals surface area contributed by atoms with Crippen molar-refractivity contribution >= 4 is 0 Å². The second-order valence-electron chi connectivity index (χ2n) is 4.57. The highest BCUT2D eigenvalue weighted by atomic mass is 14.8. The second-order valence-corrected chi connectivity index (χ2v) is 4.57. The lowest BCUT2D eigenvalue weighted by molar-refractivity contribution is 0.213. The zero-order valence-electron chi connectivity index (χ0n) is 8.77. The van der Waals surface area contributed by atoms with Crippen LogP contribution < -0.4 is 5.32 Å². The average Bonchev–Trinajstić information content (AvgIpc) is 2.05. The molecular weight excluding hydrogens is 146 g/mol. The topological polar surface area (TPSA) is 12.0 Å². The summed E-state index contributed by atoms with van der Waals surface area (Å²) in [6.45, 7) is 5.98. The first kappa shape index (κ1) is 10.0. The van der Waals surface area contributed by atoms with Crippen molar-refractivity contribution in [1.29, 1.82) is 0 Å². The van der Waals surface area contributed by atoms with E-state index in [4.69, 9.17) is 0 Å². The Kier molecular flexibility index (Phi) is 4.07. The minimum absolute atomic E-state index is 0.873. The summed E-state index contributed by atoms with van der Waals surface area (Å²) in [6, 6.07) is 0. The zero-order valence-corrected chi connectivity index (χ0v) is 8.77. The Morgan fingerprint density at radius 2 is 2.17 bits per heavy atom. The smallest absolute Gasteiger partial charge is 0.00235 e. The quantitative estimate of drug-likeness (QED) is 0.685. The van der Waals surface area contributed by atoms with Gasteiger partial charge in [-0.25, -0.2) is 0 Å². The minimum Gasteiger partial charge on any atom is -0.319 e. The molecule has 1 nitrogen and oxygen atoms in total. The maximum Gasteiger partial charge on any atom is -0.00235 e.